The van der Waals surface area contributed by atoms with Gasteiger partial charge >= 0.3 is 0 Å². The summed E-state index contributed by atoms with van der Waals surface area (Å²) in [4.78, 5) is 16.1. The van der Waals surface area contributed by atoms with E-state index in [1.165, 1.54) is 7.05 Å². The van der Waals surface area contributed by atoms with Gasteiger partial charge in [-0.3, -0.25) is 9.36 Å². The lowest BCUT2D eigenvalue weighted by molar-refractivity contribution is -0.118. The molecule has 3 aromatic rings. The Morgan fingerprint density at radius 1 is 1.23 bits per heavy atom. The van der Waals surface area contributed by atoms with E-state index in [4.69, 9.17) is 11.6 Å². The van der Waals surface area contributed by atoms with Crippen LogP contribution in [0.4, 0.5) is 0 Å². The third-order valence-electron chi connectivity index (χ3n) is 3.88. The number of halogens is 1. The Morgan fingerprint density at radius 3 is 2.73 bits per heavy atom. The van der Waals surface area contributed by atoms with E-state index >= 15 is 0 Å². The van der Waals surface area contributed by atoms with Crippen LogP contribution in [0.1, 0.15) is 5.56 Å². The molecule has 0 saturated carbocycles. The minimum absolute atomic E-state index is 0.141. The van der Waals surface area contributed by atoms with Gasteiger partial charge in [0.1, 0.15) is 12.1 Å². The molecule has 2 N–H and O–H groups in total. The summed E-state index contributed by atoms with van der Waals surface area (Å²) in [5, 5.41) is 3.02. The summed E-state index contributed by atoms with van der Waals surface area (Å²) in [5.74, 6) is -1.22. The molecule has 9 heteroatoms. The third kappa shape index (κ3) is 4.04. The number of amides is 1. The van der Waals surface area contributed by atoms with Gasteiger partial charge in [-0.1, -0.05) is 29.8 Å². The van der Waals surface area contributed by atoms with Crippen LogP contribution in [-0.4, -0.2) is 36.7 Å². The number of nitrogens with one attached hydrogen (secondary N) is 2. The molecule has 26 heavy (non-hydrogen) atoms. The Bertz CT molecular complexity index is 1060. The molecule has 0 unspecified atom stereocenters. The van der Waals surface area contributed by atoms with Crippen LogP contribution in [0.25, 0.3) is 16.7 Å². The summed E-state index contributed by atoms with van der Waals surface area (Å²) in [5.41, 5.74) is 3.37. The molecule has 0 aliphatic carbocycles. The quantitative estimate of drug-likeness (QED) is 0.669. The number of hydrogen-bond donors (Lipinski definition) is 2. The zero-order valence-corrected chi connectivity index (χ0v) is 15.5. The predicted octanol–water partition coefficient (Wildman–Crippen LogP) is 1.84. The summed E-state index contributed by atoms with van der Waals surface area (Å²) in [6.45, 7) is 0.141. The fourth-order valence-electron chi connectivity index (χ4n) is 2.48. The van der Waals surface area contributed by atoms with E-state index < -0.39 is 21.7 Å². The molecule has 136 valence electrons. The molecule has 1 aromatic heterocycles. The van der Waals surface area contributed by atoms with Crippen molar-refractivity contribution in [2.45, 2.75) is 6.54 Å². The maximum absolute atomic E-state index is 11.7. The molecule has 1 amide bonds. The minimum Gasteiger partial charge on any atom is -0.351 e. The molecule has 0 saturated heterocycles. The number of nitrogens with zero attached hydrogens (tertiary/aromatic N) is 2. The van der Waals surface area contributed by atoms with Gasteiger partial charge in [0.2, 0.25) is 15.9 Å². The van der Waals surface area contributed by atoms with Gasteiger partial charge in [-0.05, 0) is 36.9 Å². The Hall–Kier alpha value is -2.42. The van der Waals surface area contributed by atoms with Gasteiger partial charge in [0, 0.05) is 17.3 Å². The first-order chi connectivity index (χ1) is 12.4. The topological polar surface area (TPSA) is 93.1 Å². The van der Waals surface area contributed by atoms with E-state index in [0.717, 1.165) is 16.7 Å². The molecule has 0 radical (unpaired) electrons. The molecule has 7 nitrogen and oxygen atoms in total. The average Bonchev–Trinajstić information content (AvgIpc) is 3.04. The molecule has 0 atom stereocenters. The van der Waals surface area contributed by atoms with Gasteiger partial charge in [0.15, 0.2) is 0 Å². The number of imidazole rings is 1. The largest absolute Gasteiger partial charge is 0.351 e. The Labute approximate surface area is 156 Å². The van der Waals surface area contributed by atoms with Gasteiger partial charge < -0.3 is 5.32 Å². The second-order valence-corrected chi connectivity index (χ2v) is 7.95. The van der Waals surface area contributed by atoms with Crippen LogP contribution in [0.2, 0.25) is 5.02 Å². The van der Waals surface area contributed by atoms with Crippen molar-refractivity contribution < 1.29 is 13.2 Å². The maximum Gasteiger partial charge on any atom is 0.236 e. The van der Waals surface area contributed by atoms with E-state index in [9.17, 15) is 13.2 Å². The first-order valence-corrected chi connectivity index (χ1v) is 9.81. The number of carbonyl (C=O) groups is 1. The average molecular weight is 393 g/mol. The van der Waals surface area contributed by atoms with E-state index in [1.54, 1.807) is 18.5 Å². The van der Waals surface area contributed by atoms with Crippen molar-refractivity contribution in [3.8, 4) is 5.69 Å². The summed E-state index contributed by atoms with van der Waals surface area (Å²) in [6, 6.07) is 13.2. The summed E-state index contributed by atoms with van der Waals surface area (Å²) in [7, 11) is -2.33. The molecule has 0 aliphatic rings. The molecule has 1 heterocycles. The first kappa shape index (κ1) is 18.4. The summed E-state index contributed by atoms with van der Waals surface area (Å²) in [6.07, 6.45) is 1.72. The van der Waals surface area contributed by atoms with E-state index in [-0.39, 0.29) is 6.54 Å². The molecule has 0 fully saturated rings. The standard InChI is InChI=1S/C17H17ClN4O3S/c1-19-26(24,25)10-17(23)20-9-12-6-7-13(8-14(12)18)22-11-21-15-4-2-3-5-16(15)22/h2-8,11,19H,9-10H2,1H3,(H,20,23). The normalized spacial score (nSPS) is 11.6. The van der Waals surface area contributed by atoms with E-state index in [2.05, 4.69) is 15.0 Å². The number of sulfonamides is 1. The minimum atomic E-state index is -3.60. The molecule has 0 bridgehead atoms. The highest BCUT2D eigenvalue weighted by Crippen LogP contribution is 2.23. The zero-order chi connectivity index (χ0) is 18.7. The number of aromatic nitrogens is 2. The second kappa shape index (κ2) is 7.45. The highest BCUT2D eigenvalue weighted by Gasteiger charge is 2.14. The fraction of sp³-hybridized carbons (Fsp3) is 0.176. The Balaban J connectivity index is 1.75. The van der Waals surface area contributed by atoms with Crippen LogP contribution >= 0.6 is 11.6 Å². The lowest BCUT2D eigenvalue weighted by atomic mass is 10.2. The molecular weight excluding hydrogens is 376 g/mol. The van der Waals surface area contributed by atoms with Crippen molar-refractivity contribution in [3.05, 3.63) is 59.4 Å². The molecule has 0 aliphatic heterocycles. The monoisotopic (exact) mass is 392 g/mol. The second-order valence-electron chi connectivity index (χ2n) is 5.62. The van der Waals surface area contributed by atoms with Crippen molar-refractivity contribution in [2.75, 3.05) is 12.8 Å². The van der Waals surface area contributed by atoms with E-state index in [1.807, 2.05) is 34.9 Å². The van der Waals surface area contributed by atoms with Gasteiger partial charge in [-0.2, -0.15) is 0 Å². The first-order valence-electron chi connectivity index (χ1n) is 7.78. The van der Waals surface area contributed by atoms with Crippen LogP contribution < -0.4 is 10.0 Å². The number of carbonyl (C=O) groups excluding carboxylic acids is 1. The number of hydrogen-bond acceptors (Lipinski definition) is 4. The third-order valence-corrected chi connectivity index (χ3v) is 5.49. The van der Waals surface area contributed by atoms with Crippen LogP contribution in [0.15, 0.2) is 48.8 Å². The number of benzene rings is 2. The van der Waals surface area contributed by atoms with Crippen LogP contribution in [0, 0.1) is 0 Å². The number of para-hydroxylation sites is 2. The zero-order valence-electron chi connectivity index (χ0n) is 13.9. The highest BCUT2D eigenvalue weighted by atomic mass is 35.5. The SMILES string of the molecule is CNS(=O)(=O)CC(=O)NCc1ccc(-n2cnc3ccccc32)cc1Cl. The number of fused-ring (bicyclic) bond motifs is 1. The smallest absolute Gasteiger partial charge is 0.236 e. The van der Waals surface area contributed by atoms with Crippen molar-refractivity contribution in [1.82, 2.24) is 19.6 Å². The maximum atomic E-state index is 11.7. The van der Waals surface area contributed by atoms with Gasteiger partial charge in [-0.15, -0.1) is 0 Å². The van der Waals surface area contributed by atoms with Crippen LogP contribution in [-0.2, 0) is 21.4 Å². The van der Waals surface area contributed by atoms with E-state index in [0.29, 0.717) is 10.6 Å². The lowest BCUT2D eigenvalue weighted by Crippen LogP contribution is -2.34. The summed E-state index contributed by atoms with van der Waals surface area (Å²) < 4.78 is 26.7. The molecule has 0 spiro atoms. The summed E-state index contributed by atoms with van der Waals surface area (Å²) >= 11 is 6.33. The lowest BCUT2D eigenvalue weighted by Gasteiger charge is -2.10. The van der Waals surface area contributed by atoms with Crippen molar-refractivity contribution in [2.24, 2.45) is 0 Å². The molecule has 2 aromatic carbocycles. The Morgan fingerprint density at radius 2 is 2.00 bits per heavy atom. The predicted molar refractivity (Wildman–Crippen MR) is 101 cm³/mol. The Kier molecular flexibility index (Phi) is 5.26. The highest BCUT2D eigenvalue weighted by molar-refractivity contribution is 7.90. The van der Waals surface area contributed by atoms with Crippen molar-refractivity contribution in [3.63, 3.8) is 0 Å². The van der Waals surface area contributed by atoms with Crippen LogP contribution in [0.3, 0.4) is 0 Å². The van der Waals surface area contributed by atoms with Gasteiger partial charge in [0.25, 0.3) is 0 Å². The van der Waals surface area contributed by atoms with Gasteiger partial charge in [0.05, 0.1) is 11.0 Å². The molecular formula is C17H17ClN4O3S. The van der Waals surface area contributed by atoms with Crippen molar-refractivity contribution >= 4 is 38.6 Å². The van der Waals surface area contributed by atoms with Gasteiger partial charge in [-0.25, -0.2) is 18.1 Å². The van der Waals surface area contributed by atoms with Crippen LogP contribution in [0.5, 0.6) is 0 Å². The number of rotatable bonds is 6. The fourth-order valence-corrected chi connectivity index (χ4v) is 3.32. The molecule has 3 rings (SSSR count). The van der Waals surface area contributed by atoms with Crippen molar-refractivity contribution in [1.29, 1.82) is 0 Å².